The zero-order chi connectivity index (χ0) is 14.7. The van der Waals surface area contributed by atoms with Gasteiger partial charge in [-0.05, 0) is 53.1 Å². The van der Waals surface area contributed by atoms with Gasteiger partial charge in [-0.25, -0.2) is 0 Å². The maximum Gasteiger partial charge on any atom is 0.0728 e. The van der Waals surface area contributed by atoms with Gasteiger partial charge < -0.3 is 18.9 Å². The number of hydrogen-bond donors (Lipinski definition) is 0. The normalized spacial score (nSPS) is 19.1. The topological polar surface area (TPSA) is 36.9 Å². The molecule has 4 heteroatoms. The van der Waals surface area contributed by atoms with E-state index in [1.54, 1.807) is 7.11 Å². The third-order valence-corrected chi connectivity index (χ3v) is 4.46. The van der Waals surface area contributed by atoms with Crippen molar-refractivity contribution in [3.05, 3.63) is 33.4 Å². The Morgan fingerprint density at radius 2 is 1.38 bits per heavy atom. The molecule has 0 amide bonds. The molecule has 2 aliphatic rings. The van der Waals surface area contributed by atoms with Crippen molar-refractivity contribution in [2.24, 2.45) is 0 Å². The van der Waals surface area contributed by atoms with Gasteiger partial charge in [0.15, 0.2) is 0 Å². The molecule has 0 spiro atoms. The lowest BCUT2D eigenvalue weighted by Gasteiger charge is -2.22. The van der Waals surface area contributed by atoms with Crippen LogP contribution in [-0.4, -0.2) is 20.3 Å². The van der Waals surface area contributed by atoms with Crippen LogP contribution in [0.5, 0.6) is 0 Å². The van der Waals surface area contributed by atoms with Crippen LogP contribution in [0.15, 0.2) is 0 Å². The fourth-order valence-electron chi connectivity index (χ4n) is 3.25. The van der Waals surface area contributed by atoms with Gasteiger partial charge in [0.25, 0.3) is 0 Å². The number of ether oxygens (including phenoxy) is 4. The van der Waals surface area contributed by atoms with Gasteiger partial charge in [0, 0.05) is 20.3 Å². The van der Waals surface area contributed by atoms with E-state index >= 15 is 0 Å². The monoisotopic (exact) mass is 292 g/mol. The highest BCUT2D eigenvalue weighted by molar-refractivity contribution is 5.52. The van der Waals surface area contributed by atoms with E-state index in [0.29, 0.717) is 33.0 Å². The SMILES string of the molecule is COCc1c(C)c2c(c3c1COCCCCOC3)COC2. The molecule has 0 aliphatic carbocycles. The highest BCUT2D eigenvalue weighted by Gasteiger charge is 2.25. The van der Waals surface area contributed by atoms with Crippen LogP contribution in [-0.2, 0) is 52.0 Å². The summed E-state index contributed by atoms with van der Waals surface area (Å²) in [6, 6.07) is 0. The Morgan fingerprint density at radius 3 is 2.10 bits per heavy atom. The molecule has 1 aromatic rings. The third-order valence-electron chi connectivity index (χ3n) is 4.46. The number of hydrogen-bond acceptors (Lipinski definition) is 4. The lowest BCUT2D eigenvalue weighted by Crippen LogP contribution is -2.14. The fourth-order valence-corrected chi connectivity index (χ4v) is 3.25. The van der Waals surface area contributed by atoms with Crippen LogP contribution in [0.3, 0.4) is 0 Å². The summed E-state index contributed by atoms with van der Waals surface area (Å²) >= 11 is 0. The molecule has 2 heterocycles. The minimum absolute atomic E-state index is 0.616. The average molecular weight is 292 g/mol. The van der Waals surface area contributed by atoms with E-state index in [2.05, 4.69) is 6.92 Å². The lowest BCUT2D eigenvalue weighted by atomic mass is 9.89. The first-order valence-corrected chi connectivity index (χ1v) is 7.70. The van der Waals surface area contributed by atoms with Crippen molar-refractivity contribution >= 4 is 0 Å². The van der Waals surface area contributed by atoms with Crippen LogP contribution in [0.25, 0.3) is 0 Å². The molecule has 0 unspecified atom stereocenters. The molecule has 116 valence electrons. The van der Waals surface area contributed by atoms with Gasteiger partial charge in [-0.1, -0.05) is 0 Å². The molecule has 0 bridgehead atoms. The molecule has 1 aromatic carbocycles. The Hall–Kier alpha value is -0.940. The van der Waals surface area contributed by atoms with E-state index < -0.39 is 0 Å². The van der Waals surface area contributed by atoms with Crippen molar-refractivity contribution < 1.29 is 18.9 Å². The Morgan fingerprint density at radius 1 is 0.810 bits per heavy atom. The van der Waals surface area contributed by atoms with Crippen molar-refractivity contribution in [2.75, 3.05) is 20.3 Å². The quantitative estimate of drug-likeness (QED) is 0.839. The van der Waals surface area contributed by atoms with E-state index in [4.69, 9.17) is 18.9 Å². The first-order valence-electron chi connectivity index (χ1n) is 7.70. The molecule has 4 nitrogen and oxygen atoms in total. The molecule has 21 heavy (non-hydrogen) atoms. The Balaban J connectivity index is 2.08. The van der Waals surface area contributed by atoms with Gasteiger partial charge in [-0.2, -0.15) is 0 Å². The highest BCUT2D eigenvalue weighted by Crippen LogP contribution is 2.34. The van der Waals surface area contributed by atoms with Gasteiger partial charge in [0.1, 0.15) is 0 Å². The van der Waals surface area contributed by atoms with Gasteiger partial charge in [0.2, 0.25) is 0 Å². The molecule has 0 atom stereocenters. The fraction of sp³-hybridized carbons (Fsp3) is 0.647. The molecule has 3 rings (SSSR count). The van der Waals surface area contributed by atoms with E-state index in [-0.39, 0.29) is 0 Å². The summed E-state index contributed by atoms with van der Waals surface area (Å²) in [6.07, 6.45) is 2.12. The largest absolute Gasteiger partial charge is 0.380 e. The molecular formula is C17H24O4. The highest BCUT2D eigenvalue weighted by atomic mass is 16.5. The molecule has 0 fully saturated rings. The summed E-state index contributed by atoms with van der Waals surface area (Å²) in [5.74, 6) is 0. The number of fused-ring (bicyclic) bond motifs is 3. The van der Waals surface area contributed by atoms with Gasteiger partial charge in [-0.3, -0.25) is 0 Å². The summed E-state index contributed by atoms with van der Waals surface area (Å²) in [7, 11) is 1.74. The first kappa shape index (κ1) is 15.0. The van der Waals surface area contributed by atoms with E-state index in [1.807, 2.05) is 0 Å². The summed E-state index contributed by atoms with van der Waals surface area (Å²) in [5.41, 5.74) is 7.69. The molecule has 0 radical (unpaired) electrons. The zero-order valence-electron chi connectivity index (χ0n) is 13.0. The van der Waals surface area contributed by atoms with Crippen molar-refractivity contribution in [3.63, 3.8) is 0 Å². The summed E-state index contributed by atoms with van der Waals surface area (Å²) in [6.45, 7) is 7.06. The van der Waals surface area contributed by atoms with Gasteiger partial charge in [-0.15, -0.1) is 0 Å². The average Bonchev–Trinajstić information content (AvgIpc) is 2.98. The second-order valence-electron chi connectivity index (χ2n) is 5.76. The second-order valence-corrected chi connectivity index (χ2v) is 5.76. The minimum atomic E-state index is 0.616. The predicted molar refractivity (Wildman–Crippen MR) is 78.9 cm³/mol. The molecule has 0 N–H and O–H groups in total. The zero-order valence-corrected chi connectivity index (χ0v) is 13.0. The van der Waals surface area contributed by atoms with Crippen molar-refractivity contribution in [1.82, 2.24) is 0 Å². The van der Waals surface area contributed by atoms with Crippen LogP contribution in [0.2, 0.25) is 0 Å². The molecule has 0 saturated carbocycles. The Bertz CT molecular complexity index is 510. The van der Waals surface area contributed by atoms with Crippen molar-refractivity contribution in [3.8, 4) is 0 Å². The lowest BCUT2D eigenvalue weighted by molar-refractivity contribution is 0.0748. The third kappa shape index (κ3) is 2.99. The number of methoxy groups -OCH3 is 1. The Kier molecular flexibility index (Phi) is 4.91. The predicted octanol–water partition coefficient (Wildman–Crippen LogP) is 3.00. The molecule has 0 aromatic heterocycles. The summed E-state index contributed by atoms with van der Waals surface area (Å²) in [4.78, 5) is 0. The standard InChI is InChI=1S/C17H24O4/c1-12-13(7-18-2)15-9-19-5-3-4-6-20-10-17(15)16-11-21-8-14(12)16/h3-11H2,1-2H3. The van der Waals surface area contributed by atoms with Crippen LogP contribution >= 0.6 is 0 Å². The smallest absolute Gasteiger partial charge is 0.0728 e. The summed E-state index contributed by atoms with van der Waals surface area (Å²) in [5, 5.41) is 0. The Labute approximate surface area is 126 Å². The maximum atomic E-state index is 5.89. The number of rotatable bonds is 2. The maximum absolute atomic E-state index is 5.89. The van der Waals surface area contributed by atoms with Crippen molar-refractivity contribution in [2.45, 2.75) is 52.8 Å². The van der Waals surface area contributed by atoms with Gasteiger partial charge in [0.05, 0.1) is 33.0 Å². The van der Waals surface area contributed by atoms with Crippen LogP contribution in [0.1, 0.15) is 46.2 Å². The van der Waals surface area contributed by atoms with Crippen LogP contribution in [0, 0.1) is 6.92 Å². The summed E-state index contributed by atoms with van der Waals surface area (Å²) < 4.78 is 22.9. The van der Waals surface area contributed by atoms with Crippen LogP contribution < -0.4 is 0 Å². The first-order chi connectivity index (χ1) is 10.3. The van der Waals surface area contributed by atoms with E-state index in [0.717, 1.165) is 26.1 Å². The van der Waals surface area contributed by atoms with E-state index in [1.165, 1.54) is 33.4 Å². The number of benzene rings is 1. The second kappa shape index (κ2) is 6.88. The van der Waals surface area contributed by atoms with Crippen LogP contribution in [0.4, 0.5) is 0 Å². The van der Waals surface area contributed by atoms with Gasteiger partial charge >= 0.3 is 0 Å². The van der Waals surface area contributed by atoms with Crippen molar-refractivity contribution in [1.29, 1.82) is 0 Å². The minimum Gasteiger partial charge on any atom is -0.380 e. The van der Waals surface area contributed by atoms with E-state index in [9.17, 15) is 0 Å². The molecular weight excluding hydrogens is 268 g/mol. The molecule has 0 saturated heterocycles. The molecule has 2 aliphatic heterocycles.